The molecule has 2 aromatic rings. The van der Waals surface area contributed by atoms with Gasteiger partial charge in [-0.25, -0.2) is 8.42 Å². The molecule has 0 saturated heterocycles. The largest absolute Gasteiger partial charge is 0.573 e. The van der Waals surface area contributed by atoms with Crippen LogP contribution in [0, 0.1) is 0 Å². The second-order valence-corrected chi connectivity index (χ2v) is 8.45. The molecule has 0 spiro atoms. The monoisotopic (exact) mass is 381 g/mol. The Hall–Kier alpha value is -1.88. The van der Waals surface area contributed by atoms with Gasteiger partial charge in [-0.05, 0) is 24.3 Å². The van der Waals surface area contributed by atoms with Gasteiger partial charge in [-0.15, -0.1) is 23.4 Å². The van der Waals surface area contributed by atoms with Gasteiger partial charge in [-0.1, -0.05) is 32.1 Å². The maximum Gasteiger partial charge on any atom is 0.573 e. The summed E-state index contributed by atoms with van der Waals surface area (Å²) in [5.41, 5.74) is -0.280. The summed E-state index contributed by atoms with van der Waals surface area (Å²) < 4.78 is 66.7. The second-order valence-electron chi connectivity index (χ2n) is 5.79. The third-order valence-corrected chi connectivity index (χ3v) is 5.40. The highest BCUT2D eigenvalue weighted by Crippen LogP contribution is 2.29. The van der Waals surface area contributed by atoms with E-state index in [9.17, 15) is 21.6 Å². The molecular formula is C13H14F3N3O3S2. The molecule has 0 fully saturated rings. The molecule has 0 aliphatic heterocycles. The van der Waals surface area contributed by atoms with E-state index in [4.69, 9.17) is 0 Å². The number of aromatic nitrogens is 2. The molecule has 24 heavy (non-hydrogen) atoms. The van der Waals surface area contributed by atoms with Crippen molar-refractivity contribution in [3.63, 3.8) is 0 Å². The molecule has 2 rings (SSSR count). The normalized spacial score (nSPS) is 12.9. The Balaban J connectivity index is 2.17. The molecule has 0 bridgehead atoms. The van der Waals surface area contributed by atoms with Crippen LogP contribution < -0.4 is 9.46 Å². The summed E-state index contributed by atoms with van der Waals surface area (Å²) in [6.07, 6.45) is -4.84. The van der Waals surface area contributed by atoms with Crippen LogP contribution in [-0.2, 0) is 15.4 Å². The third-order valence-electron chi connectivity index (χ3n) is 2.66. The highest BCUT2D eigenvalue weighted by molar-refractivity contribution is 7.93. The number of nitrogens with one attached hydrogen (secondary N) is 1. The number of anilines is 1. The molecule has 0 atom stereocenters. The van der Waals surface area contributed by atoms with Crippen LogP contribution in [0.2, 0.25) is 0 Å². The maximum absolute atomic E-state index is 12.2. The zero-order valence-electron chi connectivity index (χ0n) is 12.9. The lowest BCUT2D eigenvalue weighted by Gasteiger charge is -2.12. The molecule has 1 aromatic carbocycles. The number of hydrogen-bond acceptors (Lipinski definition) is 6. The van der Waals surface area contributed by atoms with Crippen molar-refractivity contribution in [1.29, 1.82) is 0 Å². The van der Waals surface area contributed by atoms with Gasteiger partial charge < -0.3 is 4.74 Å². The van der Waals surface area contributed by atoms with Crippen LogP contribution in [0.15, 0.2) is 29.2 Å². The number of alkyl halides is 3. The first-order valence-corrected chi connectivity index (χ1v) is 8.89. The number of ether oxygens (including phenoxy) is 1. The van der Waals surface area contributed by atoms with Crippen LogP contribution in [0.4, 0.5) is 18.3 Å². The fraction of sp³-hybridized carbons (Fsp3) is 0.385. The van der Waals surface area contributed by atoms with Gasteiger partial charge in [0.05, 0.1) is 4.90 Å². The molecule has 1 aromatic heterocycles. The van der Waals surface area contributed by atoms with Crippen LogP contribution in [0.3, 0.4) is 0 Å². The fourth-order valence-corrected chi connectivity index (χ4v) is 3.59. The van der Waals surface area contributed by atoms with E-state index in [1.807, 2.05) is 20.8 Å². The molecule has 0 aliphatic carbocycles. The van der Waals surface area contributed by atoms with Gasteiger partial charge in [0.15, 0.2) is 0 Å². The van der Waals surface area contributed by atoms with Crippen LogP contribution in [0.25, 0.3) is 0 Å². The number of hydrogen-bond donors (Lipinski definition) is 1. The molecule has 0 amide bonds. The molecular weight excluding hydrogens is 367 g/mol. The summed E-state index contributed by atoms with van der Waals surface area (Å²) in [6.45, 7) is 5.72. The molecule has 11 heteroatoms. The van der Waals surface area contributed by atoms with Crippen LogP contribution >= 0.6 is 11.3 Å². The van der Waals surface area contributed by atoms with E-state index in [1.54, 1.807) is 0 Å². The van der Waals surface area contributed by atoms with Crippen molar-refractivity contribution in [2.24, 2.45) is 0 Å². The van der Waals surface area contributed by atoms with Gasteiger partial charge >= 0.3 is 6.36 Å². The summed E-state index contributed by atoms with van der Waals surface area (Å²) in [6, 6.07) is 3.86. The Morgan fingerprint density at radius 1 is 1.08 bits per heavy atom. The van der Waals surface area contributed by atoms with Gasteiger partial charge in [0, 0.05) is 5.41 Å². The second kappa shape index (κ2) is 6.20. The number of nitrogens with zero attached hydrogens (tertiary/aromatic N) is 2. The zero-order valence-corrected chi connectivity index (χ0v) is 14.5. The van der Waals surface area contributed by atoms with Gasteiger partial charge in [0.25, 0.3) is 10.0 Å². The predicted molar refractivity (Wildman–Crippen MR) is 82.5 cm³/mol. The summed E-state index contributed by atoms with van der Waals surface area (Å²) >= 11 is 1.09. The maximum atomic E-state index is 12.2. The Labute approximate surface area is 140 Å². The van der Waals surface area contributed by atoms with E-state index in [2.05, 4.69) is 19.7 Å². The van der Waals surface area contributed by atoms with E-state index in [-0.39, 0.29) is 15.4 Å². The van der Waals surface area contributed by atoms with E-state index in [0.29, 0.717) is 5.01 Å². The van der Waals surface area contributed by atoms with Crippen LogP contribution in [0.1, 0.15) is 25.8 Å². The van der Waals surface area contributed by atoms with Crippen molar-refractivity contribution in [2.45, 2.75) is 37.4 Å². The number of halogens is 3. The summed E-state index contributed by atoms with van der Waals surface area (Å²) in [4.78, 5) is -0.218. The molecule has 0 radical (unpaired) electrons. The lowest BCUT2D eigenvalue weighted by molar-refractivity contribution is -0.274. The lowest BCUT2D eigenvalue weighted by Crippen LogP contribution is -2.17. The SMILES string of the molecule is CC(C)(C)c1nnc(NS(=O)(=O)c2ccc(OC(F)(F)F)cc2)s1. The van der Waals surface area contributed by atoms with E-state index in [1.165, 1.54) is 0 Å². The first-order valence-electron chi connectivity index (χ1n) is 6.59. The quantitative estimate of drug-likeness (QED) is 0.876. The van der Waals surface area contributed by atoms with Crippen LogP contribution in [-0.4, -0.2) is 25.0 Å². The first-order chi connectivity index (χ1) is 10.9. The number of sulfonamides is 1. The van der Waals surface area contributed by atoms with E-state index < -0.39 is 22.1 Å². The average molecular weight is 381 g/mol. The molecule has 0 aliphatic rings. The number of benzene rings is 1. The Bertz CT molecular complexity index is 809. The minimum atomic E-state index is -4.84. The minimum Gasteiger partial charge on any atom is -0.406 e. The summed E-state index contributed by atoms with van der Waals surface area (Å²) in [5.74, 6) is -0.507. The van der Waals surface area contributed by atoms with Crippen molar-refractivity contribution in [3.05, 3.63) is 29.3 Å². The topological polar surface area (TPSA) is 81.2 Å². The molecule has 6 nitrogen and oxygen atoms in total. The van der Waals surface area contributed by atoms with Crippen molar-refractivity contribution in [1.82, 2.24) is 10.2 Å². The number of rotatable bonds is 4. The molecule has 0 unspecified atom stereocenters. The van der Waals surface area contributed by atoms with Crippen molar-refractivity contribution >= 4 is 26.5 Å². The molecule has 1 N–H and O–H groups in total. The first kappa shape index (κ1) is 18.5. The highest BCUT2D eigenvalue weighted by atomic mass is 32.2. The average Bonchev–Trinajstić information content (AvgIpc) is 2.85. The van der Waals surface area contributed by atoms with Gasteiger partial charge in [-0.2, -0.15) is 0 Å². The molecule has 0 saturated carbocycles. The van der Waals surface area contributed by atoms with E-state index in [0.717, 1.165) is 35.6 Å². The molecule has 132 valence electrons. The Kier molecular flexibility index (Phi) is 4.77. The smallest absolute Gasteiger partial charge is 0.406 e. The summed E-state index contributed by atoms with van der Waals surface area (Å²) in [7, 11) is -3.98. The summed E-state index contributed by atoms with van der Waals surface area (Å²) in [5, 5.41) is 8.41. The van der Waals surface area contributed by atoms with Crippen molar-refractivity contribution in [2.75, 3.05) is 4.72 Å². The van der Waals surface area contributed by atoms with Gasteiger partial charge in [-0.3, -0.25) is 4.72 Å². The van der Waals surface area contributed by atoms with Gasteiger partial charge in [0.2, 0.25) is 5.13 Å². The standard InChI is InChI=1S/C13H14F3N3O3S2/c1-12(2,3)10-17-18-11(23-10)19-24(20,21)9-6-4-8(5-7-9)22-13(14,15)16/h4-7H,1-3H3,(H,18,19). The fourth-order valence-electron chi connectivity index (χ4n) is 1.56. The molecule has 1 heterocycles. The third kappa shape index (κ3) is 4.81. The van der Waals surface area contributed by atoms with Gasteiger partial charge in [0.1, 0.15) is 10.8 Å². The zero-order chi connectivity index (χ0) is 18.2. The van der Waals surface area contributed by atoms with E-state index >= 15 is 0 Å². The lowest BCUT2D eigenvalue weighted by atomic mass is 9.98. The van der Waals surface area contributed by atoms with Crippen LogP contribution in [0.5, 0.6) is 5.75 Å². The van der Waals surface area contributed by atoms with Crippen molar-refractivity contribution < 1.29 is 26.3 Å². The Morgan fingerprint density at radius 2 is 1.67 bits per heavy atom. The van der Waals surface area contributed by atoms with Crippen molar-refractivity contribution in [3.8, 4) is 5.75 Å². The highest BCUT2D eigenvalue weighted by Gasteiger charge is 2.31. The Morgan fingerprint density at radius 3 is 2.12 bits per heavy atom. The minimum absolute atomic E-state index is 0.0792. The predicted octanol–water partition coefficient (Wildman–Crippen LogP) is 3.54.